The van der Waals surface area contributed by atoms with E-state index < -0.39 is 5.97 Å². The van der Waals surface area contributed by atoms with Crippen LogP contribution in [0.15, 0.2) is 30.3 Å². The standard InChI is InChI=1S/C12H15NO3/c1-3-16-12(14)8-11(13)9-4-6-10(15-2)7-5-9/h4-8H,3,13H2,1-2H3/b11-8-. The molecule has 0 aliphatic heterocycles. The van der Waals surface area contributed by atoms with Crippen molar-refractivity contribution in [3.8, 4) is 5.75 Å². The van der Waals surface area contributed by atoms with E-state index in [1.807, 2.05) is 0 Å². The predicted molar refractivity (Wildman–Crippen MR) is 61.8 cm³/mol. The van der Waals surface area contributed by atoms with Crippen LogP contribution in [0.5, 0.6) is 5.75 Å². The van der Waals surface area contributed by atoms with E-state index in [1.54, 1.807) is 38.3 Å². The molecule has 4 heteroatoms. The molecule has 86 valence electrons. The summed E-state index contributed by atoms with van der Waals surface area (Å²) in [7, 11) is 1.59. The van der Waals surface area contributed by atoms with Crippen molar-refractivity contribution in [3.05, 3.63) is 35.9 Å². The molecule has 0 atom stereocenters. The molecule has 0 radical (unpaired) electrons. The molecular weight excluding hydrogens is 206 g/mol. The summed E-state index contributed by atoms with van der Waals surface area (Å²) >= 11 is 0. The van der Waals surface area contributed by atoms with E-state index >= 15 is 0 Å². The van der Waals surface area contributed by atoms with Crippen molar-refractivity contribution in [2.24, 2.45) is 5.73 Å². The molecule has 4 nitrogen and oxygen atoms in total. The zero-order valence-electron chi connectivity index (χ0n) is 9.40. The highest BCUT2D eigenvalue weighted by Gasteiger charge is 2.01. The van der Waals surface area contributed by atoms with Crippen LogP contribution in [-0.2, 0) is 9.53 Å². The minimum Gasteiger partial charge on any atom is -0.497 e. The topological polar surface area (TPSA) is 61.5 Å². The molecule has 0 aromatic heterocycles. The van der Waals surface area contributed by atoms with E-state index in [9.17, 15) is 4.79 Å². The lowest BCUT2D eigenvalue weighted by Gasteiger charge is -2.03. The molecule has 0 saturated heterocycles. The summed E-state index contributed by atoms with van der Waals surface area (Å²) in [5.74, 6) is 0.309. The Balaban J connectivity index is 2.79. The van der Waals surface area contributed by atoms with Gasteiger partial charge in [0.25, 0.3) is 0 Å². The van der Waals surface area contributed by atoms with Crippen molar-refractivity contribution in [3.63, 3.8) is 0 Å². The lowest BCUT2D eigenvalue weighted by molar-refractivity contribution is -0.137. The van der Waals surface area contributed by atoms with Gasteiger partial charge in [-0.2, -0.15) is 0 Å². The first-order chi connectivity index (χ1) is 7.67. The quantitative estimate of drug-likeness (QED) is 0.619. The highest BCUT2D eigenvalue weighted by molar-refractivity contribution is 5.90. The average molecular weight is 221 g/mol. The number of nitrogens with two attached hydrogens (primary N) is 1. The molecule has 0 saturated carbocycles. The van der Waals surface area contributed by atoms with Gasteiger partial charge in [0, 0.05) is 11.8 Å². The molecule has 1 rings (SSSR count). The maximum Gasteiger partial charge on any atom is 0.332 e. The zero-order chi connectivity index (χ0) is 12.0. The molecule has 16 heavy (non-hydrogen) atoms. The van der Waals surface area contributed by atoms with Crippen LogP contribution in [-0.4, -0.2) is 19.7 Å². The van der Waals surface area contributed by atoms with Crippen LogP contribution in [0.1, 0.15) is 12.5 Å². The fourth-order valence-corrected chi connectivity index (χ4v) is 1.18. The third-order valence-electron chi connectivity index (χ3n) is 1.98. The SMILES string of the molecule is CCOC(=O)/C=C(\N)c1ccc(OC)cc1. The summed E-state index contributed by atoms with van der Waals surface area (Å²) in [6.45, 7) is 2.08. The number of ether oxygens (including phenoxy) is 2. The largest absolute Gasteiger partial charge is 0.497 e. The lowest BCUT2D eigenvalue weighted by atomic mass is 10.1. The molecule has 0 amide bonds. The number of hydrogen-bond donors (Lipinski definition) is 1. The summed E-state index contributed by atoms with van der Waals surface area (Å²) < 4.78 is 9.78. The van der Waals surface area contributed by atoms with E-state index in [4.69, 9.17) is 15.2 Å². The zero-order valence-corrected chi connectivity index (χ0v) is 9.40. The lowest BCUT2D eigenvalue weighted by Crippen LogP contribution is -2.05. The molecule has 0 heterocycles. The van der Waals surface area contributed by atoms with E-state index in [0.717, 1.165) is 11.3 Å². The van der Waals surface area contributed by atoms with Crippen LogP contribution >= 0.6 is 0 Å². The fraction of sp³-hybridized carbons (Fsp3) is 0.250. The van der Waals surface area contributed by atoms with Crippen molar-refractivity contribution >= 4 is 11.7 Å². The Hall–Kier alpha value is -1.97. The van der Waals surface area contributed by atoms with Crippen LogP contribution in [0.25, 0.3) is 5.70 Å². The van der Waals surface area contributed by atoms with E-state index in [-0.39, 0.29) is 0 Å². The van der Waals surface area contributed by atoms with Crippen molar-refractivity contribution in [2.45, 2.75) is 6.92 Å². The molecule has 0 aliphatic rings. The molecule has 1 aromatic rings. The third-order valence-corrected chi connectivity index (χ3v) is 1.98. The molecular formula is C12H15NO3. The number of benzene rings is 1. The summed E-state index contributed by atoms with van der Waals surface area (Å²) in [4.78, 5) is 11.1. The highest BCUT2D eigenvalue weighted by Crippen LogP contribution is 2.15. The van der Waals surface area contributed by atoms with Crippen molar-refractivity contribution in [1.82, 2.24) is 0 Å². The monoisotopic (exact) mass is 221 g/mol. The second-order valence-corrected chi connectivity index (χ2v) is 3.08. The van der Waals surface area contributed by atoms with Gasteiger partial charge in [-0.15, -0.1) is 0 Å². The van der Waals surface area contributed by atoms with Gasteiger partial charge in [-0.3, -0.25) is 0 Å². The molecule has 2 N–H and O–H groups in total. The van der Waals surface area contributed by atoms with Gasteiger partial charge in [0.05, 0.1) is 13.7 Å². The Morgan fingerprint density at radius 1 is 1.38 bits per heavy atom. The van der Waals surface area contributed by atoms with Crippen LogP contribution in [0.4, 0.5) is 0 Å². The summed E-state index contributed by atoms with van der Waals surface area (Å²) in [5, 5.41) is 0. The summed E-state index contributed by atoms with van der Waals surface area (Å²) in [6.07, 6.45) is 1.27. The van der Waals surface area contributed by atoms with Gasteiger partial charge in [0.1, 0.15) is 5.75 Å². The third kappa shape index (κ3) is 3.31. The van der Waals surface area contributed by atoms with E-state index in [1.165, 1.54) is 6.08 Å². The van der Waals surface area contributed by atoms with Crippen LogP contribution in [0.2, 0.25) is 0 Å². The minimum atomic E-state index is -0.434. The van der Waals surface area contributed by atoms with E-state index in [2.05, 4.69) is 0 Å². The average Bonchev–Trinajstić information content (AvgIpc) is 2.29. The van der Waals surface area contributed by atoms with Gasteiger partial charge >= 0.3 is 5.97 Å². The molecule has 0 unspecified atom stereocenters. The number of methoxy groups -OCH3 is 1. The second-order valence-electron chi connectivity index (χ2n) is 3.08. The number of rotatable bonds is 4. The van der Waals surface area contributed by atoms with Gasteiger partial charge in [0.2, 0.25) is 0 Å². The first kappa shape index (κ1) is 12.1. The summed E-state index contributed by atoms with van der Waals surface area (Å²) in [5.41, 5.74) is 6.87. The Bertz CT molecular complexity index is 382. The molecule has 0 bridgehead atoms. The number of esters is 1. The van der Waals surface area contributed by atoms with Gasteiger partial charge in [-0.05, 0) is 36.8 Å². The Morgan fingerprint density at radius 2 is 2.00 bits per heavy atom. The molecule has 0 fully saturated rings. The van der Waals surface area contributed by atoms with Crippen molar-refractivity contribution in [1.29, 1.82) is 0 Å². The normalized spacial score (nSPS) is 11.0. The Kier molecular flexibility index (Phi) is 4.39. The van der Waals surface area contributed by atoms with Crippen molar-refractivity contribution < 1.29 is 14.3 Å². The van der Waals surface area contributed by atoms with E-state index in [0.29, 0.717) is 12.3 Å². The summed E-state index contributed by atoms with van der Waals surface area (Å²) in [6, 6.07) is 7.12. The molecule has 0 aliphatic carbocycles. The Morgan fingerprint density at radius 3 is 2.50 bits per heavy atom. The fourth-order valence-electron chi connectivity index (χ4n) is 1.18. The maximum absolute atomic E-state index is 11.1. The van der Waals surface area contributed by atoms with Gasteiger partial charge in [-0.25, -0.2) is 4.79 Å². The minimum absolute atomic E-state index is 0.339. The van der Waals surface area contributed by atoms with Gasteiger partial charge < -0.3 is 15.2 Å². The molecule has 0 spiro atoms. The number of carbonyl (C=O) groups excluding carboxylic acids is 1. The molecule has 1 aromatic carbocycles. The first-order valence-corrected chi connectivity index (χ1v) is 4.95. The first-order valence-electron chi connectivity index (χ1n) is 4.95. The van der Waals surface area contributed by atoms with Crippen molar-refractivity contribution in [2.75, 3.05) is 13.7 Å². The predicted octanol–water partition coefficient (Wildman–Crippen LogP) is 1.56. The smallest absolute Gasteiger partial charge is 0.332 e. The maximum atomic E-state index is 11.1. The number of hydrogen-bond acceptors (Lipinski definition) is 4. The highest BCUT2D eigenvalue weighted by atomic mass is 16.5. The van der Waals surface area contributed by atoms with Crippen LogP contribution in [0, 0.1) is 0 Å². The Labute approximate surface area is 94.7 Å². The van der Waals surface area contributed by atoms with Gasteiger partial charge in [0.15, 0.2) is 0 Å². The van der Waals surface area contributed by atoms with Crippen LogP contribution < -0.4 is 10.5 Å². The van der Waals surface area contributed by atoms with Crippen LogP contribution in [0.3, 0.4) is 0 Å². The number of carbonyl (C=O) groups is 1. The second kappa shape index (κ2) is 5.80. The van der Waals surface area contributed by atoms with Gasteiger partial charge in [-0.1, -0.05) is 0 Å².